The molecule has 0 aromatic heterocycles. The molecule has 1 heterocycles. The van der Waals surface area contributed by atoms with Crippen LogP contribution in [0.1, 0.15) is 16.8 Å². The molecule has 6 atom stereocenters. The van der Waals surface area contributed by atoms with Crippen LogP contribution in [0, 0.1) is 35.5 Å². The molecular formula is C24H19BrN2O3. The number of hydrogen-bond donors (Lipinski definition) is 1. The van der Waals surface area contributed by atoms with Gasteiger partial charge in [0, 0.05) is 15.7 Å². The van der Waals surface area contributed by atoms with Crippen molar-refractivity contribution < 1.29 is 14.4 Å². The van der Waals surface area contributed by atoms with Gasteiger partial charge in [-0.3, -0.25) is 14.4 Å². The Hall–Kier alpha value is -2.73. The largest absolute Gasteiger partial charge is 0.322 e. The van der Waals surface area contributed by atoms with Gasteiger partial charge >= 0.3 is 0 Å². The number of anilines is 2. The van der Waals surface area contributed by atoms with Gasteiger partial charge in [-0.05, 0) is 72.6 Å². The summed E-state index contributed by atoms with van der Waals surface area (Å²) < 4.78 is 0.927. The molecule has 2 saturated carbocycles. The number of benzene rings is 2. The van der Waals surface area contributed by atoms with E-state index in [2.05, 4.69) is 33.4 Å². The highest BCUT2D eigenvalue weighted by atomic mass is 79.9. The van der Waals surface area contributed by atoms with Gasteiger partial charge in [0.1, 0.15) is 0 Å². The van der Waals surface area contributed by atoms with Crippen LogP contribution in [0.25, 0.3) is 0 Å². The van der Waals surface area contributed by atoms with Crippen molar-refractivity contribution in [3.63, 3.8) is 0 Å². The molecule has 3 fully saturated rings. The van der Waals surface area contributed by atoms with E-state index in [9.17, 15) is 14.4 Å². The number of hydrogen-bond acceptors (Lipinski definition) is 3. The molecule has 5 aliphatic rings. The van der Waals surface area contributed by atoms with Crippen LogP contribution in [-0.4, -0.2) is 17.7 Å². The Morgan fingerprint density at radius 3 is 2.20 bits per heavy atom. The Morgan fingerprint density at radius 2 is 1.57 bits per heavy atom. The second kappa shape index (κ2) is 6.38. The molecule has 7 rings (SSSR count). The van der Waals surface area contributed by atoms with Gasteiger partial charge in [-0.15, -0.1) is 0 Å². The average Bonchev–Trinajstić information content (AvgIpc) is 3.53. The maximum atomic E-state index is 13.3. The van der Waals surface area contributed by atoms with E-state index in [4.69, 9.17) is 0 Å². The molecule has 0 radical (unpaired) electrons. The van der Waals surface area contributed by atoms with Crippen molar-refractivity contribution in [1.82, 2.24) is 0 Å². The lowest BCUT2D eigenvalue weighted by Crippen LogP contribution is -2.40. The van der Waals surface area contributed by atoms with Crippen LogP contribution < -0.4 is 10.2 Å². The second-order valence-electron chi connectivity index (χ2n) is 8.68. The lowest BCUT2D eigenvalue weighted by atomic mass is 9.63. The molecule has 0 spiro atoms. The van der Waals surface area contributed by atoms with Crippen molar-refractivity contribution >= 4 is 45.0 Å². The van der Waals surface area contributed by atoms with Crippen LogP contribution in [0.4, 0.5) is 11.4 Å². The predicted molar refractivity (Wildman–Crippen MR) is 116 cm³/mol. The summed E-state index contributed by atoms with van der Waals surface area (Å²) in [5.74, 6) is 0.541. The Balaban J connectivity index is 1.28. The number of halogens is 1. The summed E-state index contributed by atoms with van der Waals surface area (Å²) in [6.45, 7) is 0. The van der Waals surface area contributed by atoms with Gasteiger partial charge in [0.15, 0.2) is 0 Å². The monoisotopic (exact) mass is 462 g/mol. The molecule has 2 aromatic rings. The highest BCUT2D eigenvalue weighted by Gasteiger charge is 2.67. The number of amides is 3. The molecule has 4 aliphatic carbocycles. The second-order valence-corrected chi connectivity index (χ2v) is 9.59. The number of carbonyl (C=O) groups excluding carboxylic acids is 3. The molecule has 5 nitrogen and oxygen atoms in total. The van der Waals surface area contributed by atoms with Crippen molar-refractivity contribution in [1.29, 1.82) is 0 Å². The van der Waals surface area contributed by atoms with E-state index in [0.29, 0.717) is 28.8 Å². The smallest absolute Gasteiger partial charge is 0.255 e. The fraction of sp³-hybridized carbons (Fsp3) is 0.292. The first-order chi connectivity index (χ1) is 14.5. The van der Waals surface area contributed by atoms with Crippen LogP contribution in [0.3, 0.4) is 0 Å². The number of allylic oxidation sites excluding steroid dienone is 2. The fourth-order valence-corrected chi connectivity index (χ4v) is 6.00. The van der Waals surface area contributed by atoms with Crippen LogP contribution in [-0.2, 0) is 9.59 Å². The molecule has 6 heteroatoms. The SMILES string of the molecule is O=C(Nc1ccc(Br)cc1)c1cccc(N2C(=O)[C@@H]3[C@H]4C=C[C@H]([C@H]5C[C@H]45)[C@@H]3C2=O)c1. The Kier molecular flexibility index (Phi) is 3.84. The van der Waals surface area contributed by atoms with Gasteiger partial charge < -0.3 is 5.32 Å². The summed E-state index contributed by atoms with van der Waals surface area (Å²) in [5, 5.41) is 2.85. The highest BCUT2D eigenvalue weighted by Crippen LogP contribution is 2.65. The standard InChI is InChI=1S/C24H19BrN2O3/c25-13-4-6-14(7-5-13)26-22(28)12-2-1-3-15(10-12)27-23(29)20-16-8-9-17(19-11-18(16)19)21(20)24(27)30/h1-10,16-21H,11H2,(H,26,28)/t16-,17+,18-,19-,20+,21-/m1/s1. The van der Waals surface area contributed by atoms with Crippen LogP contribution >= 0.6 is 15.9 Å². The van der Waals surface area contributed by atoms with Crippen molar-refractivity contribution in [3.05, 3.63) is 70.7 Å². The number of nitrogens with one attached hydrogen (secondary N) is 1. The normalized spacial score (nSPS) is 32.8. The van der Waals surface area contributed by atoms with Crippen LogP contribution in [0.15, 0.2) is 65.2 Å². The first-order valence-electron chi connectivity index (χ1n) is 10.3. The van der Waals surface area contributed by atoms with Crippen LogP contribution in [0.5, 0.6) is 0 Å². The lowest BCUT2D eigenvalue weighted by Gasteiger charge is -2.37. The third-order valence-electron chi connectivity index (χ3n) is 7.13. The maximum absolute atomic E-state index is 13.3. The zero-order valence-corrected chi connectivity index (χ0v) is 17.6. The molecular weight excluding hydrogens is 444 g/mol. The topological polar surface area (TPSA) is 66.5 Å². The number of nitrogens with zero attached hydrogens (tertiary/aromatic N) is 1. The molecule has 1 N–H and O–H groups in total. The van der Waals surface area contributed by atoms with E-state index in [1.54, 1.807) is 36.4 Å². The quantitative estimate of drug-likeness (QED) is 0.547. The van der Waals surface area contributed by atoms with Crippen molar-refractivity contribution in [2.75, 3.05) is 10.2 Å². The average molecular weight is 463 g/mol. The van der Waals surface area contributed by atoms with E-state index < -0.39 is 0 Å². The number of carbonyl (C=O) groups is 3. The van der Waals surface area contributed by atoms with E-state index in [0.717, 1.165) is 10.9 Å². The first-order valence-corrected chi connectivity index (χ1v) is 11.1. The van der Waals surface area contributed by atoms with E-state index in [-0.39, 0.29) is 41.4 Å². The number of rotatable bonds is 3. The molecule has 30 heavy (non-hydrogen) atoms. The van der Waals surface area contributed by atoms with Gasteiger partial charge in [0.2, 0.25) is 11.8 Å². The van der Waals surface area contributed by atoms with E-state index in [1.807, 2.05) is 12.1 Å². The minimum atomic E-state index is -0.279. The predicted octanol–water partition coefficient (Wildman–Crippen LogP) is 4.26. The van der Waals surface area contributed by atoms with E-state index in [1.165, 1.54) is 4.90 Å². The summed E-state index contributed by atoms with van der Waals surface area (Å²) in [7, 11) is 0. The molecule has 150 valence electrons. The van der Waals surface area contributed by atoms with Crippen molar-refractivity contribution in [2.45, 2.75) is 6.42 Å². The molecule has 2 aromatic carbocycles. The Morgan fingerprint density at radius 1 is 0.933 bits per heavy atom. The van der Waals surface area contributed by atoms with Crippen LogP contribution in [0.2, 0.25) is 0 Å². The van der Waals surface area contributed by atoms with Crippen molar-refractivity contribution in [3.8, 4) is 0 Å². The van der Waals surface area contributed by atoms with Gasteiger partial charge in [-0.1, -0.05) is 34.1 Å². The Labute approximate surface area is 182 Å². The fourth-order valence-electron chi connectivity index (χ4n) is 5.73. The van der Waals surface area contributed by atoms with Crippen molar-refractivity contribution in [2.24, 2.45) is 35.5 Å². The minimum Gasteiger partial charge on any atom is -0.322 e. The molecule has 3 amide bonds. The summed E-state index contributed by atoms with van der Waals surface area (Å²) >= 11 is 3.37. The molecule has 0 unspecified atom stereocenters. The van der Waals surface area contributed by atoms with Gasteiger partial charge in [0.05, 0.1) is 17.5 Å². The van der Waals surface area contributed by atoms with E-state index >= 15 is 0 Å². The summed E-state index contributed by atoms with van der Waals surface area (Å²) in [4.78, 5) is 40.6. The number of imide groups is 1. The highest BCUT2D eigenvalue weighted by molar-refractivity contribution is 9.10. The first kappa shape index (κ1) is 18.1. The van der Waals surface area contributed by atoms with Gasteiger partial charge in [0.25, 0.3) is 5.91 Å². The minimum absolute atomic E-state index is 0.111. The molecule has 1 aliphatic heterocycles. The zero-order chi connectivity index (χ0) is 20.6. The van der Waals surface area contributed by atoms with Gasteiger partial charge in [-0.2, -0.15) is 0 Å². The third-order valence-corrected chi connectivity index (χ3v) is 7.66. The Bertz CT molecular complexity index is 1090. The summed E-state index contributed by atoms with van der Waals surface area (Å²) in [6, 6.07) is 14.1. The molecule has 1 saturated heterocycles. The zero-order valence-electron chi connectivity index (χ0n) is 16.0. The summed E-state index contributed by atoms with van der Waals surface area (Å²) in [5.41, 5.74) is 1.57. The lowest BCUT2D eigenvalue weighted by molar-refractivity contribution is -0.124. The molecule has 2 bridgehead atoms. The third kappa shape index (κ3) is 2.56. The maximum Gasteiger partial charge on any atom is 0.255 e. The summed E-state index contributed by atoms with van der Waals surface area (Å²) in [6.07, 6.45) is 5.47. The van der Waals surface area contributed by atoms with Gasteiger partial charge in [-0.25, -0.2) is 4.90 Å².